The molecule has 0 aliphatic carbocycles. The molecule has 0 radical (unpaired) electrons. The van der Waals surface area contributed by atoms with Crippen molar-refractivity contribution in [3.63, 3.8) is 0 Å². The van der Waals surface area contributed by atoms with Gasteiger partial charge in [0.15, 0.2) is 0 Å². The summed E-state index contributed by atoms with van der Waals surface area (Å²) >= 11 is 0. The average molecular weight is 459 g/mol. The number of nitrogens with zero attached hydrogens (tertiary/aromatic N) is 2. The predicted molar refractivity (Wildman–Crippen MR) is 131 cm³/mol. The summed E-state index contributed by atoms with van der Waals surface area (Å²) in [7, 11) is 1.73. The summed E-state index contributed by atoms with van der Waals surface area (Å²) in [6, 6.07) is 19.3. The number of fused-ring (bicyclic) bond motifs is 2. The Bertz CT molecular complexity index is 1290. The van der Waals surface area contributed by atoms with Gasteiger partial charge in [-0.15, -0.1) is 0 Å². The molecule has 2 unspecified atom stereocenters. The van der Waals surface area contributed by atoms with Crippen molar-refractivity contribution >= 4 is 6.09 Å². The molecule has 176 valence electrons. The number of benzene rings is 2. The first-order valence-electron chi connectivity index (χ1n) is 11.7. The van der Waals surface area contributed by atoms with Gasteiger partial charge in [-0.1, -0.05) is 42.5 Å². The van der Waals surface area contributed by atoms with Crippen LogP contribution in [-0.4, -0.2) is 27.7 Å². The fourth-order valence-corrected chi connectivity index (χ4v) is 5.25. The van der Waals surface area contributed by atoms with Gasteiger partial charge in [-0.2, -0.15) is 0 Å². The number of ether oxygens (including phenoxy) is 2. The van der Waals surface area contributed by atoms with Crippen LogP contribution in [0.4, 0.5) is 4.79 Å². The van der Waals surface area contributed by atoms with Crippen molar-refractivity contribution in [2.75, 3.05) is 6.54 Å². The summed E-state index contributed by atoms with van der Waals surface area (Å²) in [5.41, 5.74) is 2.68. The highest BCUT2D eigenvalue weighted by Gasteiger charge is 2.51. The van der Waals surface area contributed by atoms with E-state index in [9.17, 15) is 9.59 Å². The van der Waals surface area contributed by atoms with Crippen LogP contribution in [0, 0.1) is 0 Å². The fourth-order valence-electron chi connectivity index (χ4n) is 5.25. The molecule has 6 heteroatoms. The van der Waals surface area contributed by atoms with Gasteiger partial charge >= 0.3 is 6.09 Å². The van der Waals surface area contributed by atoms with Crippen LogP contribution in [0.25, 0.3) is 11.1 Å². The molecule has 3 aromatic rings. The second-order valence-corrected chi connectivity index (χ2v) is 10.0. The average Bonchev–Trinajstić information content (AvgIpc) is 2.80. The zero-order valence-corrected chi connectivity index (χ0v) is 20.1. The number of aromatic nitrogens is 1. The van der Waals surface area contributed by atoms with Gasteiger partial charge in [-0.3, -0.25) is 4.79 Å². The Morgan fingerprint density at radius 2 is 1.68 bits per heavy atom. The maximum absolute atomic E-state index is 13.3. The highest BCUT2D eigenvalue weighted by Crippen LogP contribution is 2.50. The van der Waals surface area contributed by atoms with E-state index in [2.05, 4.69) is 0 Å². The lowest BCUT2D eigenvalue weighted by Crippen LogP contribution is -2.54. The third-order valence-electron chi connectivity index (χ3n) is 7.05. The minimum absolute atomic E-state index is 0.0437. The number of carbonyl (C=O) groups is 1. The van der Waals surface area contributed by atoms with Crippen LogP contribution in [0.3, 0.4) is 0 Å². The molecule has 1 aromatic heterocycles. The van der Waals surface area contributed by atoms with E-state index in [4.69, 9.17) is 9.47 Å². The molecule has 1 amide bonds. The summed E-state index contributed by atoms with van der Waals surface area (Å²) in [5, 5.41) is 0. The topological polar surface area (TPSA) is 60.8 Å². The first-order chi connectivity index (χ1) is 16.2. The molecule has 5 rings (SSSR count). The van der Waals surface area contributed by atoms with Crippen molar-refractivity contribution < 1.29 is 14.3 Å². The van der Waals surface area contributed by atoms with E-state index in [-0.39, 0.29) is 17.7 Å². The first kappa shape index (κ1) is 22.3. The van der Waals surface area contributed by atoms with Crippen LogP contribution >= 0.6 is 0 Å². The van der Waals surface area contributed by atoms with Crippen LogP contribution in [0.5, 0.6) is 5.75 Å². The van der Waals surface area contributed by atoms with Crippen LogP contribution in [0.15, 0.2) is 71.7 Å². The van der Waals surface area contributed by atoms with E-state index >= 15 is 0 Å². The van der Waals surface area contributed by atoms with Crippen molar-refractivity contribution in [1.82, 2.24) is 9.47 Å². The molecule has 1 saturated heterocycles. The zero-order valence-electron chi connectivity index (χ0n) is 20.1. The SMILES string of the molecule is CC(c1ccc(-c2ccn(C)c(=O)c2)cc1)N1CCC2(CC(C)(C)Oc3ccccc32)OC1=O. The molecule has 2 atom stereocenters. The van der Waals surface area contributed by atoms with Gasteiger partial charge in [0.1, 0.15) is 17.0 Å². The van der Waals surface area contributed by atoms with Crippen LogP contribution in [0.2, 0.25) is 0 Å². The van der Waals surface area contributed by atoms with Gasteiger partial charge in [-0.25, -0.2) is 4.79 Å². The largest absolute Gasteiger partial charge is 0.487 e. The molecule has 0 N–H and O–H groups in total. The second-order valence-electron chi connectivity index (χ2n) is 10.0. The molecule has 0 saturated carbocycles. The molecule has 2 aliphatic heterocycles. The van der Waals surface area contributed by atoms with E-state index in [1.54, 1.807) is 28.8 Å². The Kier molecular flexibility index (Phi) is 5.27. The first-order valence-corrected chi connectivity index (χ1v) is 11.7. The van der Waals surface area contributed by atoms with E-state index in [0.29, 0.717) is 19.4 Å². The Morgan fingerprint density at radius 1 is 0.941 bits per heavy atom. The van der Waals surface area contributed by atoms with Gasteiger partial charge in [0.2, 0.25) is 0 Å². The van der Waals surface area contributed by atoms with Crippen molar-refractivity contribution in [3.8, 4) is 16.9 Å². The molecule has 1 fully saturated rings. The lowest BCUT2D eigenvalue weighted by atomic mass is 9.77. The smallest absolute Gasteiger partial charge is 0.411 e. The second kappa shape index (κ2) is 8.05. The summed E-state index contributed by atoms with van der Waals surface area (Å²) in [6.07, 6.45) is 2.79. The maximum Gasteiger partial charge on any atom is 0.411 e. The van der Waals surface area contributed by atoms with Crippen molar-refractivity contribution in [1.29, 1.82) is 0 Å². The quantitative estimate of drug-likeness (QED) is 0.526. The Balaban J connectivity index is 1.36. The Morgan fingerprint density at radius 3 is 2.38 bits per heavy atom. The number of aryl methyl sites for hydroxylation is 1. The van der Waals surface area contributed by atoms with Crippen molar-refractivity contribution in [3.05, 3.63) is 88.3 Å². The molecule has 1 spiro atoms. The molecular formula is C28H30N2O4. The van der Waals surface area contributed by atoms with Crippen LogP contribution in [0.1, 0.15) is 50.8 Å². The number of pyridine rings is 1. The Labute approximate surface area is 199 Å². The van der Waals surface area contributed by atoms with Gasteiger partial charge in [-0.05, 0) is 49.6 Å². The maximum atomic E-state index is 13.3. The summed E-state index contributed by atoms with van der Waals surface area (Å²) < 4.78 is 13.9. The van der Waals surface area contributed by atoms with E-state index < -0.39 is 11.2 Å². The summed E-state index contributed by atoms with van der Waals surface area (Å²) in [6.45, 7) is 6.70. The van der Waals surface area contributed by atoms with E-state index in [1.807, 2.05) is 75.4 Å². The highest BCUT2D eigenvalue weighted by atomic mass is 16.6. The molecule has 2 aromatic carbocycles. The number of amides is 1. The van der Waals surface area contributed by atoms with Gasteiger partial charge in [0.05, 0.1) is 6.04 Å². The van der Waals surface area contributed by atoms with Gasteiger partial charge in [0, 0.05) is 44.3 Å². The number of hydrogen-bond donors (Lipinski definition) is 0. The van der Waals surface area contributed by atoms with Crippen LogP contribution in [-0.2, 0) is 17.4 Å². The fraction of sp³-hybridized carbons (Fsp3) is 0.357. The molecular weight excluding hydrogens is 428 g/mol. The lowest BCUT2D eigenvalue weighted by Gasteiger charge is -2.49. The number of rotatable bonds is 3. The van der Waals surface area contributed by atoms with Crippen molar-refractivity contribution in [2.45, 2.75) is 50.9 Å². The standard InChI is InChI=1S/C28H30N2O4/c1-19(20-9-11-21(12-10-20)22-13-15-29(4)25(31)17-22)30-16-14-28(34-26(30)32)18-27(2,3)33-24-8-6-5-7-23(24)28/h5-13,15,17,19H,14,16,18H2,1-4H3. The van der Waals surface area contributed by atoms with E-state index in [0.717, 1.165) is 28.0 Å². The summed E-state index contributed by atoms with van der Waals surface area (Å²) in [4.78, 5) is 27.1. The lowest BCUT2D eigenvalue weighted by molar-refractivity contribution is -0.111. The molecule has 3 heterocycles. The minimum atomic E-state index is -0.672. The third kappa shape index (κ3) is 3.87. The molecule has 34 heavy (non-hydrogen) atoms. The molecule has 0 bridgehead atoms. The van der Waals surface area contributed by atoms with Crippen molar-refractivity contribution in [2.24, 2.45) is 7.05 Å². The Hall–Kier alpha value is -3.54. The highest BCUT2D eigenvalue weighted by molar-refractivity contribution is 5.71. The number of hydrogen-bond acceptors (Lipinski definition) is 4. The monoisotopic (exact) mass is 458 g/mol. The van der Waals surface area contributed by atoms with Crippen LogP contribution < -0.4 is 10.3 Å². The number of para-hydroxylation sites is 1. The minimum Gasteiger partial charge on any atom is -0.487 e. The zero-order chi connectivity index (χ0) is 24.1. The van der Waals surface area contributed by atoms with Gasteiger partial charge in [0.25, 0.3) is 5.56 Å². The van der Waals surface area contributed by atoms with Gasteiger partial charge < -0.3 is 18.9 Å². The van der Waals surface area contributed by atoms with E-state index in [1.165, 1.54) is 0 Å². The molecule has 2 aliphatic rings. The summed E-state index contributed by atoms with van der Waals surface area (Å²) in [5.74, 6) is 0.791. The molecule has 6 nitrogen and oxygen atoms in total. The third-order valence-corrected chi connectivity index (χ3v) is 7.05. The predicted octanol–water partition coefficient (Wildman–Crippen LogP) is 5.41. The normalized spacial score (nSPS) is 22.0. The number of carbonyl (C=O) groups excluding carboxylic acids is 1.